The number of ether oxygens (including phenoxy) is 1. The average molecular weight is 210 g/mol. The minimum atomic E-state index is -0.770. The van der Waals surface area contributed by atoms with Crippen LogP contribution in [0.2, 0.25) is 0 Å². The highest BCUT2D eigenvalue weighted by Gasteiger charge is 2.53. The van der Waals surface area contributed by atoms with Crippen molar-refractivity contribution in [2.45, 2.75) is 56.7 Å². The van der Waals surface area contributed by atoms with Crippen LogP contribution in [0.4, 0.5) is 0 Å². The minimum absolute atomic E-state index is 0.0375. The zero-order valence-corrected chi connectivity index (χ0v) is 8.95. The van der Waals surface area contributed by atoms with Gasteiger partial charge in [-0.1, -0.05) is 0 Å². The van der Waals surface area contributed by atoms with Gasteiger partial charge in [0.2, 0.25) is 0 Å². The summed E-state index contributed by atoms with van der Waals surface area (Å²) in [5, 5.41) is 8.97. The molecule has 4 fully saturated rings. The third kappa shape index (κ3) is 1.40. The van der Waals surface area contributed by atoms with Crippen LogP contribution in [0.1, 0.15) is 44.9 Å². The van der Waals surface area contributed by atoms with Gasteiger partial charge >= 0.3 is 5.97 Å². The van der Waals surface area contributed by atoms with Crippen molar-refractivity contribution >= 4 is 5.97 Å². The van der Waals surface area contributed by atoms with Gasteiger partial charge in [-0.05, 0) is 56.8 Å². The Hall–Kier alpha value is -0.570. The Kier molecular flexibility index (Phi) is 2.06. The van der Waals surface area contributed by atoms with Crippen molar-refractivity contribution in [3.63, 3.8) is 0 Å². The molecule has 2 bridgehead atoms. The average Bonchev–Trinajstić information content (AvgIpc) is 2.64. The number of carbonyl (C=O) groups is 1. The first-order valence-corrected chi connectivity index (χ1v) is 6.10. The van der Waals surface area contributed by atoms with E-state index in [1.165, 1.54) is 25.7 Å². The molecule has 1 heterocycles. The molecule has 1 saturated heterocycles. The van der Waals surface area contributed by atoms with E-state index in [1.54, 1.807) is 0 Å². The van der Waals surface area contributed by atoms with Crippen LogP contribution in [0.3, 0.4) is 0 Å². The highest BCUT2D eigenvalue weighted by molar-refractivity contribution is 5.72. The van der Waals surface area contributed by atoms with Crippen LogP contribution < -0.4 is 0 Å². The molecule has 2 unspecified atom stereocenters. The van der Waals surface area contributed by atoms with E-state index in [0.717, 1.165) is 25.2 Å². The molecule has 3 saturated carbocycles. The maximum atomic E-state index is 10.9. The summed E-state index contributed by atoms with van der Waals surface area (Å²) in [4.78, 5) is 10.9. The first kappa shape index (κ1) is 9.64. The van der Waals surface area contributed by atoms with E-state index < -0.39 is 12.1 Å². The summed E-state index contributed by atoms with van der Waals surface area (Å²) in [5.74, 6) is 0.683. The number of carboxylic acids is 1. The topological polar surface area (TPSA) is 46.5 Å². The van der Waals surface area contributed by atoms with Crippen LogP contribution in [0, 0.1) is 11.8 Å². The maximum absolute atomic E-state index is 10.9. The molecular weight excluding hydrogens is 192 g/mol. The predicted molar refractivity (Wildman–Crippen MR) is 54.5 cm³/mol. The van der Waals surface area contributed by atoms with Gasteiger partial charge in [0.05, 0.1) is 5.60 Å². The Morgan fingerprint density at radius 3 is 2.40 bits per heavy atom. The molecule has 0 aromatic rings. The van der Waals surface area contributed by atoms with Gasteiger partial charge in [-0.25, -0.2) is 4.79 Å². The minimum Gasteiger partial charge on any atom is -0.479 e. The van der Waals surface area contributed by atoms with Crippen LogP contribution in [0.15, 0.2) is 0 Å². The summed E-state index contributed by atoms with van der Waals surface area (Å²) in [6.07, 6.45) is 7.50. The molecular formula is C12H18O3. The lowest BCUT2D eigenvalue weighted by atomic mass is 9.61. The summed E-state index contributed by atoms with van der Waals surface area (Å²) >= 11 is 0. The van der Waals surface area contributed by atoms with Gasteiger partial charge in [-0.3, -0.25) is 0 Å². The Balaban J connectivity index is 1.78. The molecule has 4 rings (SSSR count). The molecule has 1 spiro atoms. The first-order valence-electron chi connectivity index (χ1n) is 6.10. The molecule has 3 nitrogen and oxygen atoms in total. The lowest BCUT2D eigenvalue weighted by Gasteiger charge is -2.49. The van der Waals surface area contributed by atoms with Crippen LogP contribution in [0.25, 0.3) is 0 Å². The molecule has 84 valence electrons. The second-order valence-corrected chi connectivity index (χ2v) is 5.47. The first-order chi connectivity index (χ1) is 7.20. The Labute approximate surface area is 89.8 Å². The van der Waals surface area contributed by atoms with Gasteiger partial charge in [-0.15, -0.1) is 0 Å². The van der Waals surface area contributed by atoms with Crippen molar-refractivity contribution < 1.29 is 14.6 Å². The fraction of sp³-hybridized carbons (Fsp3) is 0.917. The smallest absolute Gasteiger partial charge is 0.332 e. The Bertz CT molecular complexity index is 281. The van der Waals surface area contributed by atoms with E-state index in [0.29, 0.717) is 5.92 Å². The highest BCUT2D eigenvalue weighted by atomic mass is 16.5. The lowest BCUT2D eigenvalue weighted by molar-refractivity contribution is -0.169. The molecule has 3 heteroatoms. The fourth-order valence-electron chi connectivity index (χ4n) is 3.95. The SMILES string of the molecule is O=C(O)C1CCC2(CC3CCC2CC3)O1. The molecule has 2 atom stereocenters. The van der Waals surface area contributed by atoms with E-state index in [4.69, 9.17) is 9.84 Å². The molecule has 3 aliphatic carbocycles. The van der Waals surface area contributed by atoms with Crippen molar-refractivity contribution in [2.24, 2.45) is 11.8 Å². The number of aliphatic carboxylic acids is 1. The second kappa shape index (κ2) is 3.21. The quantitative estimate of drug-likeness (QED) is 0.721. The monoisotopic (exact) mass is 210 g/mol. The molecule has 4 aliphatic rings. The van der Waals surface area contributed by atoms with Gasteiger partial charge in [0.1, 0.15) is 0 Å². The number of carboxylic acid groups (broad SMARTS) is 1. The van der Waals surface area contributed by atoms with Crippen molar-refractivity contribution in [3.8, 4) is 0 Å². The van der Waals surface area contributed by atoms with Gasteiger partial charge in [0.25, 0.3) is 0 Å². The van der Waals surface area contributed by atoms with Crippen molar-refractivity contribution in [1.29, 1.82) is 0 Å². The molecule has 1 N–H and O–H groups in total. The molecule has 15 heavy (non-hydrogen) atoms. The van der Waals surface area contributed by atoms with E-state index in [9.17, 15) is 4.79 Å². The summed E-state index contributed by atoms with van der Waals surface area (Å²) in [6.45, 7) is 0. The van der Waals surface area contributed by atoms with Crippen LogP contribution in [-0.2, 0) is 9.53 Å². The summed E-state index contributed by atoms with van der Waals surface area (Å²) in [6, 6.07) is 0. The summed E-state index contributed by atoms with van der Waals surface area (Å²) in [7, 11) is 0. The molecule has 0 radical (unpaired) electrons. The maximum Gasteiger partial charge on any atom is 0.332 e. The van der Waals surface area contributed by atoms with Crippen LogP contribution in [-0.4, -0.2) is 22.8 Å². The second-order valence-electron chi connectivity index (χ2n) is 5.47. The zero-order chi connectivity index (χ0) is 10.5. The Morgan fingerprint density at radius 2 is 1.93 bits per heavy atom. The van der Waals surface area contributed by atoms with Crippen LogP contribution >= 0.6 is 0 Å². The lowest BCUT2D eigenvalue weighted by Crippen LogP contribution is -2.47. The fourth-order valence-corrected chi connectivity index (χ4v) is 3.95. The summed E-state index contributed by atoms with van der Waals surface area (Å²) < 4.78 is 5.89. The highest BCUT2D eigenvalue weighted by Crippen LogP contribution is 2.54. The van der Waals surface area contributed by atoms with E-state index in [1.807, 2.05) is 0 Å². The van der Waals surface area contributed by atoms with Gasteiger partial charge in [-0.2, -0.15) is 0 Å². The molecule has 0 amide bonds. The number of rotatable bonds is 1. The van der Waals surface area contributed by atoms with Gasteiger partial charge < -0.3 is 9.84 Å². The third-order valence-corrected chi connectivity index (χ3v) is 4.71. The molecule has 0 aromatic carbocycles. The standard InChI is InChI=1S/C12H18O3/c13-11(14)10-5-6-12(15-10)7-8-1-3-9(12)4-2-8/h8-10H,1-7H2,(H,13,14). The van der Waals surface area contributed by atoms with Crippen molar-refractivity contribution in [1.82, 2.24) is 0 Å². The van der Waals surface area contributed by atoms with Crippen molar-refractivity contribution in [3.05, 3.63) is 0 Å². The predicted octanol–water partition coefficient (Wildman–Crippen LogP) is 2.20. The number of hydrogen-bond donors (Lipinski definition) is 1. The van der Waals surface area contributed by atoms with E-state index in [-0.39, 0.29) is 5.60 Å². The van der Waals surface area contributed by atoms with E-state index >= 15 is 0 Å². The van der Waals surface area contributed by atoms with E-state index in [2.05, 4.69) is 0 Å². The molecule has 1 aliphatic heterocycles. The third-order valence-electron chi connectivity index (χ3n) is 4.71. The molecule has 0 aromatic heterocycles. The van der Waals surface area contributed by atoms with Gasteiger partial charge in [0, 0.05) is 0 Å². The van der Waals surface area contributed by atoms with Crippen molar-refractivity contribution in [2.75, 3.05) is 0 Å². The summed E-state index contributed by atoms with van der Waals surface area (Å²) in [5.41, 5.74) is -0.0375. The zero-order valence-electron chi connectivity index (χ0n) is 8.95. The van der Waals surface area contributed by atoms with Gasteiger partial charge in [0.15, 0.2) is 6.10 Å². The van der Waals surface area contributed by atoms with Crippen LogP contribution in [0.5, 0.6) is 0 Å². The number of fused-ring (bicyclic) bond motifs is 2. The Morgan fingerprint density at radius 1 is 1.20 bits per heavy atom. The largest absolute Gasteiger partial charge is 0.479 e. The number of hydrogen-bond acceptors (Lipinski definition) is 2. The normalized spacial score (nSPS) is 48.7.